The van der Waals surface area contributed by atoms with E-state index in [9.17, 15) is 43.2 Å². The van der Waals surface area contributed by atoms with Crippen molar-refractivity contribution in [1.29, 1.82) is 0 Å². The highest BCUT2D eigenvalue weighted by Crippen LogP contribution is 2.45. The molecule has 17 nitrogen and oxygen atoms in total. The lowest BCUT2D eigenvalue weighted by molar-refractivity contribution is -0.161. The van der Waals surface area contributed by atoms with E-state index in [1.807, 2.05) is 0 Å². The summed E-state index contributed by atoms with van der Waals surface area (Å²) in [5, 5.41) is 10.6. The highest BCUT2D eigenvalue weighted by Gasteiger charge is 2.30. The van der Waals surface area contributed by atoms with Crippen molar-refractivity contribution >= 4 is 39.5 Å². The zero-order valence-corrected chi connectivity index (χ0v) is 58.5. The van der Waals surface area contributed by atoms with Crippen LogP contribution in [-0.2, 0) is 65.4 Å². The second-order valence-corrected chi connectivity index (χ2v) is 27.8. The smallest absolute Gasteiger partial charge is 0.462 e. The molecular formula is C69H134O17P2. The minimum Gasteiger partial charge on any atom is -0.462 e. The normalized spacial score (nSPS) is 14.0. The maximum atomic E-state index is 13.0. The Morgan fingerprint density at radius 1 is 0.273 bits per heavy atom. The monoisotopic (exact) mass is 1300 g/mol. The molecule has 0 radical (unpaired) electrons. The number of aliphatic hydroxyl groups is 1. The van der Waals surface area contributed by atoms with E-state index >= 15 is 0 Å². The highest BCUT2D eigenvalue weighted by molar-refractivity contribution is 7.47. The SMILES string of the molecule is CCCCCCCCCCCCCCCCCCC(=O)O[C@H](COC(=O)CCCCCCCCCCCCCCCC)COP(=O)(O)OC[C@@H](O)COP(=O)(O)OC[C@@H](COC(=O)CCCCCCC)OC(=O)CCCCCCCCCCCCCCC. The van der Waals surface area contributed by atoms with Gasteiger partial charge < -0.3 is 33.8 Å². The van der Waals surface area contributed by atoms with Gasteiger partial charge in [0, 0.05) is 25.7 Å². The van der Waals surface area contributed by atoms with Gasteiger partial charge in [-0.05, 0) is 25.7 Å². The van der Waals surface area contributed by atoms with Crippen molar-refractivity contribution in [2.45, 2.75) is 380 Å². The van der Waals surface area contributed by atoms with Crippen molar-refractivity contribution in [2.24, 2.45) is 0 Å². The molecule has 0 amide bonds. The molecule has 0 heterocycles. The van der Waals surface area contributed by atoms with Crippen molar-refractivity contribution in [1.82, 2.24) is 0 Å². The van der Waals surface area contributed by atoms with E-state index in [2.05, 4.69) is 27.7 Å². The lowest BCUT2D eigenvalue weighted by Gasteiger charge is -2.21. The number of carbonyl (C=O) groups excluding carboxylic acids is 4. The number of rotatable bonds is 70. The molecule has 0 aromatic carbocycles. The number of esters is 4. The molecule has 88 heavy (non-hydrogen) atoms. The summed E-state index contributed by atoms with van der Waals surface area (Å²) in [5.74, 6) is -2.13. The molecule has 0 aliphatic carbocycles. The molecule has 3 N–H and O–H groups in total. The summed E-state index contributed by atoms with van der Waals surface area (Å²) in [6, 6.07) is 0. The summed E-state index contributed by atoms with van der Waals surface area (Å²) >= 11 is 0. The molecule has 0 saturated carbocycles. The van der Waals surface area contributed by atoms with E-state index in [-0.39, 0.29) is 25.7 Å². The van der Waals surface area contributed by atoms with Gasteiger partial charge in [-0.25, -0.2) is 9.13 Å². The van der Waals surface area contributed by atoms with E-state index in [1.165, 1.54) is 186 Å². The fourth-order valence-electron chi connectivity index (χ4n) is 10.5. The molecule has 0 aliphatic rings. The van der Waals surface area contributed by atoms with Crippen LogP contribution in [-0.4, -0.2) is 96.7 Å². The molecule has 0 spiro atoms. The van der Waals surface area contributed by atoms with E-state index < -0.39 is 97.5 Å². The van der Waals surface area contributed by atoms with Gasteiger partial charge in [0.1, 0.15) is 19.3 Å². The maximum absolute atomic E-state index is 13.0. The minimum atomic E-state index is -4.95. The molecule has 0 aromatic heterocycles. The molecule has 19 heteroatoms. The molecule has 0 saturated heterocycles. The van der Waals surface area contributed by atoms with Gasteiger partial charge in [0.05, 0.1) is 26.4 Å². The largest absolute Gasteiger partial charge is 0.472 e. The average Bonchev–Trinajstić information content (AvgIpc) is 3.67. The second-order valence-electron chi connectivity index (χ2n) is 24.9. The zero-order valence-electron chi connectivity index (χ0n) is 56.7. The van der Waals surface area contributed by atoms with Crippen molar-refractivity contribution in [3.8, 4) is 0 Å². The number of aliphatic hydroxyl groups excluding tert-OH is 1. The van der Waals surface area contributed by atoms with Gasteiger partial charge in [-0.3, -0.25) is 37.3 Å². The van der Waals surface area contributed by atoms with Crippen molar-refractivity contribution in [2.75, 3.05) is 39.6 Å². The third-order valence-corrected chi connectivity index (χ3v) is 18.0. The Bertz CT molecular complexity index is 1690. The van der Waals surface area contributed by atoms with Crippen LogP contribution in [0.2, 0.25) is 0 Å². The Balaban J connectivity index is 5.16. The van der Waals surface area contributed by atoms with Crippen LogP contribution in [0.15, 0.2) is 0 Å². The predicted molar refractivity (Wildman–Crippen MR) is 354 cm³/mol. The Kier molecular flexibility index (Phi) is 62.4. The Morgan fingerprint density at radius 2 is 0.455 bits per heavy atom. The van der Waals surface area contributed by atoms with Gasteiger partial charge in [0.25, 0.3) is 0 Å². The number of hydrogen-bond donors (Lipinski definition) is 3. The fraction of sp³-hybridized carbons (Fsp3) is 0.942. The van der Waals surface area contributed by atoms with E-state index in [0.29, 0.717) is 25.7 Å². The molecule has 0 aromatic rings. The molecule has 522 valence electrons. The van der Waals surface area contributed by atoms with Crippen molar-refractivity contribution in [3.05, 3.63) is 0 Å². The first-order chi connectivity index (χ1) is 42.7. The number of unbranched alkanes of at least 4 members (excludes halogenated alkanes) is 44. The first-order valence-corrected chi connectivity index (χ1v) is 39.3. The molecule has 2 unspecified atom stereocenters. The molecule has 5 atom stereocenters. The molecule has 0 rings (SSSR count). The van der Waals surface area contributed by atoms with Crippen LogP contribution in [0.25, 0.3) is 0 Å². The van der Waals surface area contributed by atoms with E-state index in [1.54, 1.807) is 0 Å². The van der Waals surface area contributed by atoms with Crippen LogP contribution >= 0.6 is 15.6 Å². The predicted octanol–water partition coefficient (Wildman–Crippen LogP) is 19.9. The van der Waals surface area contributed by atoms with Crippen LogP contribution in [0.3, 0.4) is 0 Å². The Morgan fingerprint density at radius 3 is 0.670 bits per heavy atom. The third kappa shape index (κ3) is 62.8. The van der Waals surface area contributed by atoms with E-state index in [0.717, 1.165) is 96.3 Å². The van der Waals surface area contributed by atoms with Crippen molar-refractivity contribution < 1.29 is 80.2 Å². The quantitative estimate of drug-likeness (QED) is 0.0222. The van der Waals surface area contributed by atoms with Crippen molar-refractivity contribution in [3.63, 3.8) is 0 Å². The van der Waals surface area contributed by atoms with Gasteiger partial charge in [-0.1, -0.05) is 310 Å². The van der Waals surface area contributed by atoms with Gasteiger partial charge in [-0.2, -0.15) is 0 Å². The zero-order chi connectivity index (χ0) is 64.7. The topological polar surface area (TPSA) is 237 Å². The van der Waals surface area contributed by atoms with Crippen LogP contribution in [0.1, 0.15) is 362 Å². The summed E-state index contributed by atoms with van der Waals surface area (Å²) < 4.78 is 68.1. The highest BCUT2D eigenvalue weighted by atomic mass is 31.2. The van der Waals surface area contributed by atoms with Crippen LogP contribution < -0.4 is 0 Å². The summed E-state index contributed by atoms with van der Waals surface area (Å²) in [5.41, 5.74) is 0. The van der Waals surface area contributed by atoms with Crippen LogP contribution in [0, 0.1) is 0 Å². The molecule has 0 aliphatic heterocycles. The lowest BCUT2D eigenvalue weighted by Crippen LogP contribution is -2.30. The Labute approximate surface area is 537 Å². The number of hydrogen-bond acceptors (Lipinski definition) is 15. The van der Waals surface area contributed by atoms with Gasteiger partial charge in [0.15, 0.2) is 12.2 Å². The van der Waals surface area contributed by atoms with Gasteiger partial charge in [-0.15, -0.1) is 0 Å². The van der Waals surface area contributed by atoms with E-state index in [4.69, 9.17) is 37.0 Å². The molecular weight excluding hydrogens is 1160 g/mol. The van der Waals surface area contributed by atoms with Crippen LogP contribution in [0.4, 0.5) is 0 Å². The molecule has 0 bridgehead atoms. The average molecular weight is 1300 g/mol. The fourth-order valence-corrected chi connectivity index (χ4v) is 12.1. The second kappa shape index (κ2) is 63.8. The Hall–Kier alpha value is -1.94. The third-order valence-electron chi connectivity index (χ3n) is 16.1. The standard InChI is InChI=1S/C69H134O17P2/c1-5-9-13-17-20-23-26-29-31-32-35-38-41-44-48-52-56-69(74)86-65(60-80-67(72)54-50-46-42-39-36-34-30-27-24-21-18-14-10-6-2)62-84-88(77,78)82-58-63(70)57-81-87(75,76)83-61-64(59-79-66(71)53-49-45-16-12-8-4)85-68(73)55-51-47-43-40-37-33-28-25-22-19-15-11-7-3/h63-65,70H,5-62H2,1-4H3,(H,75,76)(H,77,78)/t63-,64+,65+/m0/s1. The van der Waals surface area contributed by atoms with Gasteiger partial charge >= 0.3 is 39.5 Å². The summed E-state index contributed by atoms with van der Waals surface area (Å²) in [6.07, 6.45) is 51.6. The minimum absolute atomic E-state index is 0.107. The van der Waals surface area contributed by atoms with Gasteiger partial charge in [0.2, 0.25) is 0 Å². The summed E-state index contributed by atoms with van der Waals surface area (Å²) in [4.78, 5) is 72.2. The number of phosphoric ester groups is 2. The maximum Gasteiger partial charge on any atom is 0.472 e. The summed E-state index contributed by atoms with van der Waals surface area (Å²) in [7, 11) is -9.89. The first-order valence-electron chi connectivity index (χ1n) is 36.3. The lowest BCUT2D eigenvalue weighted by atomic mass is 10.0. The summed E-state index contributed by atoms with van der Waals surface area (Å²) in [6.45, 7) is 4.86. The number of ether oxygens (including phenoxy) is 4. The first kappa shape index (κ1) is 86.1. The number of phosphoric acid groups is 2. The number of carbonyl (C=O) groups is 4. The van der Waals surface area contributed by atoms with Crippen LogP contribution in [0.5, 0.6) is 0 Å². The molecule has 0 fully saturated rings.